The van der Waals surface area contributed by atoms with Gasteiger partial charge in [0.25, 0.3) is 0 Å². The first kappa shape index (κ1) is 13.0. The lowest BCUT2D eigenvalue weighted by atomic mass is 10.0. The molecule has 0 saturated carbocycles. The molecular weight excluding hydrogens is 268 g/mol. The quantitative estimate of drug-likeness (QED) is 0.517. The van der Waals surface area contributed by atoms with Gasteiger partial charge in [0.1, 0.15) is 0 Å². The van der Waals surface area contributed by atoms with Gasteiger partial charge >= 0.3 is 0 Å². The van der Waals surface area contributed by atoms with Crippen LogP contribution in [0.15, 0.2) is 66.7 Å². The molecule has 0 bridgehead atoms. The molecule has 0 aliphatic rings. The summed E-state index contributed by atoms with van der Waals surface area (Å²) in [6.07, 6.45) is 0.946. The minimum atomic E-state index is 0.946. The first-order chi connectivity index (χ1) is 10.8. The second kappa shape index (κ2) is 5.23. The molecule has 4 aromatic rings. The van der Waals surface area contributed by atoms with Crippen LogP contribution >= 0.6 is 0 Å². The Morgan fingerprint density at radius 1 is 0.727 bits per heavy atom. The monoisotopic (exact) mass is 284 g/mol. The van der Waals surface area contributed by atoms with Gasteiger partial charge in [-0.15, -0.1) is 0 Å². The number of rotatable bonds is 2. The van der Waals surface area contributed by atoms with Crippen molar-refractivity contribution in [2.75, 3.05) is 0 Å². The molecule has 0 radical (unpaired) electrons. The lowest BCUT2D eigenvalue weighted by Crippen LogP contribution is -1.95. The Balaban J connectivity index is 1.97. The van der Waals surface area contributed by atoms with E-state index in [4.69, 9.17) is 9.97 Å². The van der Waals surface area contributed by atoms with Gasteiger partial charge in [-0.3, -0.25) is 0 Å². The summed E-state index contributed by atoms with van der Waals surface area (Å²) < 4.78 is 0. The molecule has 0 saturated heterocycles. The van der Waals surface area contributed by atoms with Crippen LogP contribution in [-0.4, -0.2) is 9.97 Å². The van der Waals surface area contributed by atoms with Crippen molar-refractivity contribution in [2.24, 2.45) is 0 Å². The SMILES string of the molecule is CCc1cc2ccccc2nc1-c1ccc2ccccc2n1. The van der Waals surface area contributed by atoms with Crippen molar-refractivity contribution in [3.63, 3.8) is 0 Å². The average molecular weight is 284 g/mol. The number of hydrogen-bond acceptors (Lipinski definition) is 2. The summed E-state index contributed by atoms with van der Waals surface area (Å²) in [6, 6.07) is 22.9. The lowest BCUT2D eigenvalue weighted by Gasteiger charge is -2.09. The van der Waals surface area contributed by atoms with Crippen LogP contribution in [0.5, 0.6) is 0 Å². The van der Waals surface area contributed by atoms with E-state index < -0.39 is 0 Å². The topological polar surface area (TPSA) is 25.8 Å². The summed E-state index contributed by atoms with van der Waals surface area (Å²) in [5.41, 5.74) is 5.21. The largest absolute Gasteiger partial charge is 0.246 e. The fourth-order valence-corrected chi connectivity index (χ4v) is 2.85. The van der Waals surface area contributed by atoms with E-state index in [0.29, 0.717) is 0 Å². The van der Waals surface area contributed by atoms with E-state index in [1.165, 1.54) is 10.9 Å². The maximum absolute atomic E-state index is 4.86. The molecule has 0 fully saturated rings. The Bertz CT molecular complexity index is 973. The van der Waals surface area contributed by atoms with Gasteiger partial charge in [-0.05, 0) is 36.2 Å². The van der Waals surface area contributed by atoms with Crippen LogP contribution in [-0.2, 0) is 6.42 Å². The molecule has 22 heavy (non-hydrogen) atoms. The zero-order valence-corrected chi connectivity index (χ0v) is 12.5. The van der Waals surface area contributed by atoms with Gasteiger partial charge in [0.05, 0.1) is 22.4 Å². The Morgan fingerprint density at radius 2 is 1.41 bits per heavy atom. The summed E-state index contributed by atoms with van der Waals surface area (Å²) in [5, 5.41) is 2.34. The van der Waals surface area contributed by atoms with Crippen LogP contribution in [0.4, 0.5) is 0 Å². The highest BCUT2D eigenvalue weighted by molar-refractivity contribution is 5.85. The zero-order valence-electron chi connectivity index (χ0n) is 12.5. The van der Waals surface area contributed by atoms with Crippen LogP contribution < -0.4 is 0 Å². The molecule has 2 aromatic carbocycles. The van der Waals surface area contributed by atoms with Gasteiger partial charge < -0.3 is 0 Å². The molecular formula is C20H16N2. The minimum absolute atomic E-state index is 0.946. The molecule has 0 amide bonds. The highest BCUT2D eigenvalue weighted by Gasteiger charge is 2.10. The molecule has 0 aliphatic heterocycles. The smallest absolute Gasteiger partial charge is 0.0925 e. The summed E-state index contributed by atoms with van der Waals surface area (Å²) in [4.78, 5) is 9.66. The number of benzene rings is 2. The van der Waals surface area contributed by atoms with E-state index in [9.17, 15) is 0 Å². The van der Waals surface area contributed by atoms with E-state index in [2.05, 4.69) is 49.4 Å². The van der Waals surface area contributed by atoms with Crippen molar-refractivity contribution in [1.82, 2.24) is 9.97 Å². The predicted molar refractivity (Wildman–Crippen MR) is 91.9 cm³/mol. The Kier molecular flexibility index (Phi) is 3.08. The normalized spacial score (nSPS) is 11.1. The van der Waals surface area contributed by atoms with Crippen LogP contribution in [0.2, 0.25) is 0 Å². The third-order valence-corrected chi connectivity index (χ3v) is 4.02. The second-order valence-corrected chi connectivity index (χ2v) is 5.43. The summed E-state index contributed by atoms with van der Waals surface area (Å²) in [5.74, 6) is 0. The van der Waals surface area contributed by atoms with Gasteiger partial charge in [0.2, 0.25) is 0 Å². The van der Waals surface area contributed by atoms with Crippen LogP contribution in [0.1, 0.15) is 12.5 Å². The van der Waals surface area contributed by atoms with E-state index in [0.717, 1.165) is 34.2 Å². The summed E-state index contributed by atoms with van der Waals surface area (Å²) >= 11 is 0. The van der Waals surface area contributed by atoms with Crippen molar-refractivity contribution in [3.05, 3.63) is 72.3 Å². The van der Waals surface area contributed by atoms with Gasteiger partial charge in [0, 0.05) is 10.8 Å². The van der Waals surface area contributed by atoms with Crippen LogP contribution in [0.25, 0.3) is 33.2 Å². The number of hydrogen-bond donors (Lipinski definition) is 0. The number of nitrogens with zero attached hydrogens (tertiary/aromatic N) is 2. The average Bonchev–Trinajstić information content (AvgIpc) is 2.60. The molecule has 106 valence electrons. The molecule has 0 atom stereocenters. The first-order valence-corrected chi connectivity index (χ1v) is 7.60. The second-order valence-electron chi connectivity index (χ2n) is 5.43. The molecule has 0 N–H and O–H groups in total. The van der Waals surface area contributed by atoms with Crippen molar-refractivity contribution < 1.29 is 0 Å². The fourth-order valence-electron chi connectivity index (χ4n) is 2.85. The lowest BCUT2D eigenvalue weighted by molar-refractivity contribution is 1.12. The highest BCUT2D eigenvalue weighted by Crippen LogP contribution is 2.26. The van der Waals surface area contributed by atoms with E-state index in [1.54, 1.807) is 0 Å². The first-order valence-electron chi connectivity index (χ1n) is 7.60. The van der Waals surface area contributed by atoms with E-state index in [-0.39, 0.29) is 0 Å². The third kappa shape index (κ3) is 2.13. The predicted octanol–water partition coefficient (Wildman–Crippen LogP) is 5.01. The van der Waals surface area contributed by atoms with Gasteiger partial charge in [0.15, 0.2) is 0 Å². The molecule has 0 aliphatic carbocycles. The molecule has 2 heterocycles. The van der Waals surface area contributed by atoms with E-state index in [1.807, 2.05) is 24.3 Å². The number of aryl methyl sites for hydroxylation is 1. The number of pyridine rings is 2. The van der Waals surface area contributed by atoms with Gasteiger partial charge in [-0.2, -0.15) is 0 Å². The van der Waals surface area contributed by atoms with Crippen LogP contribution in [0, 0.1) is 0 Å². The number of para-hydroxylation sites is 2. The maximum Gasteiger partial charge on any atom is 0.0925 e. The molecule has 2 heteroatoms. The number of aromatic nitrogens is 2. The summed E-state index contributed by atoms with van der Waals surface area (Å²) in [7, 11) is 0. The molecule has 2 aromatic heterocycles. The van der Waals surface area contributed by atoms with E-state index >= 15 is 0 Å². The standard InChI is InChI=1S/C20H16N2/c1-2-14-13-16-8-4-6-10-18(16)22-20(14)19-12-11-15-7-3-5-9-17(15)21-19/h3-13H,2H2,1H3. The Labute approximate surface area is 129 Å². The van der Waals surface area contributed by atoms with Crippen molar-refractivity contribution in [3.8, 4) is 11.4 Å². The zero-order chi connectivity index (χ0) is 14.9. The maximum atomic E-state index is 4.86. The summed E-state index contributed by atoms with van der Waals surface area (Å²) in [6.45, 7) is 2.16. The highest BCUT2D eigenvalue weighted by atomic mass is 14.8. The Hall–Kier alpha value is -2.74. The molecule has 0 spiro atoms. The number of fused-ring (bicyclic) bond motifs is 2. The van der Waals surface area contributed by atoms with Crippen molar-refractivity contribution >= 4 is 21.8 Å². The van der Waals surface area contributed by atoms with Crippen molar-refractivity contribution in [2.45, 2.75) is 13.3 Å². The molecule has 4 rings (SSSR count). The molecule has 0 unspecified atom stereocenters. The third-order valence-electron chi connectivity index (χ3n) is 4.02. The Morgan fingerprint density at radius 3 is 2.18 bits per heavy atom. The molecule has 2 nitrogen and oxygen atoms in total. The van der Waals surface area contributed by atoms with Crippen LogP contribution in [0.3, 0.4) is 0 Å². The van der Waals surface area contributed by atoms with Gasteiger partial charge in [-0.1, -0.05) is 49.4 Å². The minimum Gasteiger partial charge on any atom is -0.246 e. The van der Waals surface area contributed by atoms with Crippen molar-refractivity contribution in [1.29, 1.82) is 0 Å². The van der Waals surface area contributed by atoms with Gasteiger partial charge in [-0.25, -0.2) is 9.97 Å². The fraction of sp³-hybridized carbons (Fsp3) is 0.100.